The number of hydrogen-bond donors (Lipinski definition) is 1. The minimum absolute atomic E-state index is 0.122. The first-order valence-corrected chi connectivity index (χ1v) is 10.9. The van der Waals surface area contributed by atoms with Crippen LogP contribution in [0, 0.1) is 5.82 Å². The Labute approximate surface area is 160 Å². The Balaban J connectivity index is 1.76. The number of rotatable bonds is 2. The van der Waals surface area contributed by atoms with E-state index in [9.17, 15) is 12.8 Å². The first-order valence-electron chi connectivity index (χ1n) is 9.41. The molecule has 144 valence electrons. The van der Waals surface area contributed by atoms with E-state index >= 15 is 0 Å². The highest BCUT2D eigenvalue weighted by Crippen LogP contribution is 2.46. The van der Waals surface area contributed by atoms with Crippen molar-refractivity contribution in [2.24, 2.45) is 0 Å². The molecule has 0 bridgehead atoms. The van der Waals surface area contributed by atoms with E-state index in [-0.39, 0.29) is 9.79 Å². The van der Waals surface area contributed by atoms with E-state index in [1.54, 1.807) is 6.07 Å². The van der Waals surface area contributed by atoms with Crippen LogP contribution >= 0.6 is 0 Å². The molecule has 2 aliphatic heterocycles. The number of halogens is 1. The van der Waals surface area contributed by atoms with Gasteiger partial charge >= 0.3 is 0 Å². The summed E-state index contributed by atoms with van der Waals surface area (Å²) < 4.78 is 39.2. The lowest BCUT2D eigenvalue weighted by molar-refractivity contribution is 0.466. The summed E-state index contributed by atoms with van der Waals surface area (Å²) in [4.78, 5) is 2.70. The molecular formula is C21H25FN2O2S. The third-order valence-electron chi connectivity index (χ3n) is 5.95. The van der Waals surface area contributed by atoms with Crippen LogP contribution in [0.2, 0.25) is 0 Å². The van der Waals surface area contributed by atoms with Crippen LogP contribution in [0.1, 0.15) is 38.2 Å². The molecule has 4 nitrogen and oxygen atoms in total. The number of likely N-dealkylation sites (N-methyl/N-ethyl adjacent to an activating group) is 1. The highest BCUT2D eigenvalue weighted by molar-refractivity contribution is 7.91. The standard InChI is InChI=1S/C21H25FN2O2S/c1-13-10-18-19-12-17(27(25,26)16-6-4-15(22)5-7-16)8-9-20(19)24(3)21(18)11-14(2)23-13/h4-9,12-14,18,21,23H,10-11H2,1-3H3/t13?,14?,18-,21+/m1/s1. The maximum atomic E-state index is 13.2. The molecule has 1 fully saturated rings. The van der Waals surface area contributed by atoms with Crippen LogP contribution in [-0.2, 0) is 9.84 Å². The molecule has 0 aromatic heterocycles. The van der Waals surface area contributed by atoms with Gasteiger partial charge in [-0.25, -0.2) is 12.8 Å². The maximum Gasteiger partial charge on any atom is 0.206 e. The Morgan fingerprint density at radius 2 is 1.63 bits per heavy atom. The van der Waals surface area contributed by atoms with E-state index in [0.29, 0.717) is 24.0 Å². The summed E-state index contributed by atoms with van der Waals surface area (Å²) in [6.07, 6.45) is 2.01. The van der Waals surface area contributed by atoms with Crippen molar-refractivity contribution in [1.82, 2.24) is 5.32 Å². The highest BCUT2D eigenvalue weighted by Gasteiger charge is 2.40. The Bertz CT molecular complexity index is 959. The molecule has 27 heavy (non-hydrogen) atoms. The van der Waals surface area contributed by atoms with Crippen LogP contribution in [0.3, 0.4) is 0 Å². The molecule has 2 unspecified atom stereocenters. The largest absolute Gasteiger partial charge is 0.371 e. The van der Waals surface area contributed by atoms with Crippen LogP contribution in [0.5, 0.6) is 0 Å². The molecule has 4 rings (SSSR count). The van der Waals surface area contributed by atoms with Crippen molar-refractivity contribution in [2.45, 2.75) is 60.5 Å². The molecule has 6 heteroatoms. The summed E-state index contributed by atoms with van der Waals surface area (Å²) in [5.41, 5.74) is 2.22. The Hall–Kier alpha value is -1.92. The zero-order valence-electron chi connectivity index (χ0n) is 15.8. The van der Waals surface area contributed by atoms with Crippen molar-refractivity contribution in [2.75, 3.05) is 11.9 Å². The number of benzene rings is 2. The lowest BCUT2D eigenvalue weighted by Gasteiger charge is -2.26. The quantitative estimate of drug-likeness (QED) is 0.797. The summed E-state index contributed by atoms with van der Waals surface area (Å²) in [6, 6.07) is 11.6. The van der Waals surface area contributed by atoms with Gasteiger partial charge in [-0.3, -0.25) is 0 Å². The van der Waals surface area contributed by atoms with Crippen LogP contribution in [0.15, 0.2) is 52.3 Å². The van der Waals surface area contributed by atoms with Gasteiger partial charge in [0.1, 0.15) is 5.82 Å². The smallest absolute Gasteiger partial charge is 0.206 e. The van der Waals surface area contributed by atoms with Crippen LogP contribution < -0.4 is 10.2 Å². The van der Waals surface area contributed by atoms with Crippen molar-refractivity contribution in [3.8, 4) is 0 Å². The SMILES string of the molecule is CC1C[C@@H]2c3cc(S(=O)(=O)c4ccc(F)cc4)ccc3N(C)[C@H]2CC(C)N1. The predicted octanol–water partition coefficient (Wildman–Crippen LogP) is 3.72. The third-order valence-corrected chi connectivity index (χ3v) is 7.71. The van der Waals surface area contributed by atoms with Gasteiger partial charge in [-0.1, -0.05) is 0 Å². The number of hydrogen-bond acceptors (Lipinski definition) is 4. The van der Waals surface area contributed by atoms with Gasteiger partial charge in [-0.05, 0) is 74.7 Å². The van der Waals surface area contributed by atoms with Crippen molar-refractivity contribution in [3.63, 3.8) is 0 Å². The first-order chi connectivity index (χ1) is 12.8. The fraction of sp³-hybridized carbons (Fsp3) is 0.429. The molecule has 0 spiro atoms. The topological polar surface area (TPSA) is 49.4 Å². The number of nitrogens with zero attached hydrogens (tertiary/aromatic N) is 1. The van der Waals surface area contributed by atoms with E-state index in [1.807, 2.05) is 12.1 Å². The minimum atomic E-state index is -3.67. The predicted molar refractivity (Wildman–Crippen MR) is 105 cm³/mol. The Morgan fingerprint density at radius 1 is 1.00 bits per heavy atom. The molecule has 1 saturated heterocycles. The molecule has 2 aromatic carbocycles. The third kappa shape index (κ3) is 3.15. The van der Waals surface area contributed by atoms with Crippen LogP contribution in [0.4, 0.5) is 10.1 Å². The number of anilines is 1. The van der Waals surface area contributed by atoms with E-state index < -0.39 is 15.7 Å². The second-order valence-corrected chi connectivity index (χ2v) is 9.85. The van der Waals surface area contributed by atoms with Gasteiger partial charge in [-0.2, -0.15) is 0 Å². The van der Waals surface area contributed by atoms with Crippen molar-refractivity contribution < 1.29 is 12.8 Å². The van der Waals surface area contributed by atoms with Gasteiger partial charge in [0.05, 0.1) is 9.79 Å². The second kappa shape index (κ2) is 6.60. The maximum absolute atomic E-state index is 13.2. The zero-order valence-corrected chi connectivity index (χ0v) is 16.6. The van der Waals surface area contributed by atoms with Crippen LogP contribution in [0.25, 0.3) is 0 Å². The molecular weight excluding hydrogens is 363 g/mol. The number of nitrogens with one attached hydrogen (secondary N) is 1. The van der Waals surface area contributed by atoms with E-state index in [2.05, 4.69) is 31.1 Å². The number of fused-ring (bicyclic) bond motifs is 3. The van der Waals surface area contributed by atoms with Crippen molar-refractivity contribution >= 4 is 15.5 Å². The van der Waals surface area contributed by atoms with E-state index in [4.69, 9.17) is 0 Å². The summed E-state index contributed by atoms with van der Waals surface area (Å²) >= 11 is 0. The summed E-state index contributed by atoms with van der Waals surface area (Å²) in [5, 5.41) is 3.62. The molecule has 2 aromatic rings. The van der Waals surface area contributed by atoms with E-state index in [1.165, 1.54) is 24.3 Å². The van der Waals surface area contributed by atoms with Gasteiger partial charge in [0.2, 0.25) is 9.84 Å². The number of sulfone groups is 1. The zero-order chi connectivity index (χ0) is 19.3. The Kier molecular flexibility index (Phi) is 4.51. The molecule has 0 saturated carbocycles. The van der Waals surface area contributed by atoms with Gasteiger partial charge in [0.15, 0.2) is 0 Å². The molecule has 4 atom stereocenters. The van der Waals surface area contributed by atoms with Gasteiger partial charge < -0.3 is 10.2 Å². The second-order valence-electron chi connectivity index (χ2n) is 7.90. The molecule has 2 heterocycles. The molecule has 1 N–H and O–H groups in total. The average Bonchev–Trinajstić information content (AvgIpc) is 2.77. The lowest BCUT2D eigenvalue weighted by atomic mass is 9.88. The fourth-order valence-electron chi connectivity index (χ4n) is 4.69. The van der Waals surface area contributed by atoms with Gasteiger partial charge in [0, 0.05) is 36.8 Å². The van der Waals surface area contributed by atoms with Crippen LogP contribution in [-0.4, -0.2) is 33.6 Å². The van der Waals surface area contributed by atoms with Crippen molar-refractivity contribution in [3.05, 3.63) is 53.8 Å². The normalized spacial score (nSPS) is 27.8. The fourth-order valence-corrected chi connectivity index (χ4v) is 5.99. The summed E-state index contributed by atoms with van der Waals surface area (Å²) in [5.74, 6) is -0.137. The molecule has 2 aliphatic rings. The molecule has 0 amide bonds. The average molecular weight is 389 g/mol. The molecule has 0 radical (unpaired) electrons. The molecule has 0 aliphatic carbocycles. The minimum Gasteiger partial charge on any atom is -0.371 e. The summed E-state index contributed by atoms with van der Waals surface area (Å²) in [7, 11) is -1.57. The lowest BCUT2D eigenvalue weighted by Crippen LogP contribution is -2.36. The monoisotopic (exact) mass is 388 g/mol. The first kappa shape index (κ1) is 18.4. The van der Waals surface area contributed by atoms with Gasteiger partial charge in [-0.15, -0.1) is 0 Å². The van der Waals surface area contributed by atoms with Gasteiger partial charge in [0.25, 0.3) is 0 Å². The summed E-state index contributed by atoms with van der Waals surface area (Å²) in [6.45, 7) is 4.40. The highest BCUT2D eigenvalue weighted by atomic mass is 32.2. The van der Waals surface area contributed by atoms with E-state index in [0.717, 1.165) is 24.1 Å². The Morgan fingerprint density at radius 3 is 2.33 bits per heavy atom. The van der Waals surface area contributed by atoms with Crippen molar-refractivity contribution in [1.29, 1.82) is 0 Å².